The Morgan fingerprint density at radius 1 is 1.03 bits per heavy atom. The summed E-state index contributed by atoms with van der Waals surface area (Å²) in [6, 6.07) is 17.5. The van der Waals surface area contributed by atoms with Gasteiger partial charge >= 0.3 is 0 Å². The van der Waals surface area contributed by atoms with Gasteiger partial charge in [0.15, 0.2) is 5.76 Å². The summed E-state index contributed by atoms with van der Waals surface area (Å²) in [7, 11) is 1.61. The number of hydrogen-bond acceptors (Lipinski definition) is 5. The quantitative estimate of drug-likeness (QED) is 0.460. The van der Waals surface area contributed by atoms with Crippen LogP contribution in [0.3, 0.4) is 0 Å². The van der Waals surface area contributed by atoms with Gasteiger partial charge < -0.3 is 19.0 Å². The molecule has 1 aliphatic rings. The molecule has 5 nitrogen and oxygen atoms in total. The molecule has 2 heterocycles. The van der Waals surface area contributed by atoms with E-state index >= 15 is 0 Å². The summed E-state index contributed by atoms with van der Waals surface area (Å²) in [5, 5.41) is 10.4. The number of ether oxygens (including phenoxy) is 2. The van der Waals surface area contributed by atoms with Crippen molar-refractivity contribution in [3.63, 3.8) is 0 Å². The molecule has 0 bridgehead atoms. The van der Waals surface area contributed by atoms with Gasteiger partial charge in [0.25, 0.3) is 0 Å². The van der Waals surface area contributed by atoms with Crippen LogP contribution in [0.15, 0.2) is 77.4 Å². The second kappa shape index (κ2) is 7.12. The molecule has 0 unspecified atom stereocenters. The third-order valence-corrected chi connectivity index (χ3v) is 5.21. The van der Waals surface area contributed by atoms with Crippen LogP contribution in [0.1, 0.15) is 21.7 Å². The first kappa shape index (κ1) is 18.1. The standard InChI is InChI=1S/C25H18O5/c1-28-19-10-6-15(7-11-19)23-20-13-17-3-2-12-29-21(17)14-22(20)30-25(23)24(27)16-4-8-18(26)9-5-16/h2,4-14,26H,3H2,1H3. The zero-order chi connectivity index (χ0) is 20.7. The van der Waals surface area contributed by atoms with E-state index in [9.17, 15) is 9.90 Å². The van der Waals surface area contributed by atoms with E-state index in [2.05, 4.69) is 0 Å². The molecule has 1 aliphatic heterocycles. The molecule has 5 heteroatoms. The molecule has 1 aromatic heterocycles. The average molecular weight is 398 g/mol. The molecule has 0 saturated heterocycles. The van der Waals surface area contributed by atoms with Crippen LogP contribution in [-0.4, -0.2) is 18.0 Å². The van der Waals surface area contributed by atoms with Crippen LogP contribution < -0.4 is 9.47 Å². The van der Waals surface area contributed by atoms with Crippen LogP contribution in [0, 0.1) is 0 Å². The Hall–Kier alpha value is -3.99. The minimum absolute atomic E-state index is 0.101. The summed E-state index contributed by atoms with van der Waals surface area (Å²) in [6.45, 7) is 0. The topological polar surface area (TPSA) is 68.9 Å². The normalized spacial score (nSPS) is 12.4. The molecule has 0 amide bonds. The van der Waals surface area contributed by atoms with Crippen molar-refractivity contribution in [2.75, 3.05) is 7.11 Å². The van der Waals surface area contributed by atoms with Crippen molar-refractivity contribution in [1.82, 2.24) is 0 Å². The van der Waals surface area contributed by atoms with Crippen molar-refractivity contribution in [1.29, 1.82) is 0 Å². The van der Waals surface area contributed by atoms with Gasteiger partial charge in [-0.3, -0.25) is 4.79 Å². The number of methoxy groups -OCH3 is 1. The SMILES string of the molecule is COc1ccc(-c2c(C(=O)c3ccc(O)cc3)oc3cc4c(cc23)CC=CO4)cc1. The Bertz CT molecular complexity index is 1280. The fraction of sp³-hybridized carbons (Fsp3) is 0.0800. The number of fused-ring (bicyclic) bond motifs is 2. The number of aromatic hydroxyl groups is 1. The van der Waals surface area contributed by atoms with E-state index in [1.165, 1.54) is 12.1 Å². The third kappa shape index (κ3) is 3.01. The number of allylic oxidation sites excluding steroid dienone is 1. The van der Waals surface area contributed by atoms with E-state index in [1.54, 1.807) is 25.5 Å². The molecule has 0 saturated carbocycles. The maximum atomic E-state index is 13.3. The minimum atomic E-state index is -0.256. The number of phenols is 1. The summed E-state index contributed by atoms with van der Waals surface area (Å²) in [6.07, 6.45) is 4.35. The Labute approximate surface area is 172 Å². The van der Waals surface area contributed by atoms with Crippen LogP contribution in [0.2, 0.25) is 0 Å². The number of carbonyl (C=O) groups is 1. The molecule has 0 fully saturated rings. The van der Waals surface area contributed by atoms with Gasteiger partial charge in [-0.2, -0.15) is 0 Å². The van der Waals surface area contributed by atoms with Gasteiger partial charge in [0.2, 0.25) is 5.78 Å². The highest BCUT2D eigenvalue weighted by molar-refractivity contribution is 6.16. The predicted octanol–water partition coefficient (Wildman–Crippen LogP) is 5.49. The van der Waals surface area contributed by atoms with Crippen molar-refractivity contribution in [2.45, 2.75) is 6.42 Å². The number of benzene rings is 3. The van der Waals surface area contributed by atoms with Crippen molar-refractivity contribution >= 4 is 16.8 Å². The summed E-state index contributed by atoms with van der Waals surface area (Å²) in [5.74, 6) is 1.55. The van der Waals surface area contributed by atoms with Gasteiger partial charge in [-0.25, -0.2) is 0 Å². The zero-order valence-corrected chi connectivity index (χ0v) is 16.2. The van der Waals surface area contributed by atoms with E-state index in [0.29, 0.717) is 11.1 Å². The van der Waals surface area contributed by atoms with Gasteiger partial charge in [0, 0.05) is 22.6 Å². The van der Waals surface area contributed by atoms with Gasteiger partial charge in [0.1, 0.15) is 22.8 Å². The largest absolute Gasteiger partial charge is 0.508 e. The number of carbonyl (C=O) groups excluding carboxylic acids is 1. The van der Waals surface area contributed by atoms with Gasteiger partial charge in [-0.05, 0) is 66.1 Å². The molecule has 0 atom stereocenters. The smallest absolute Gasteiger partial charge is 0.228 e. The molecular formula is C25H18O5. The van der Waals surface area contributed by atoms with E-state index in [-0.39, 0.29) is 17.3 Å². The highest BCUT2D eigenvalue weighted by atomic mass is 16.5. The predicted molar refractivity (Wildman–Crippen MR) is 113 cm³/mol. The third-order valence-electron chi connectivity index (χ3n) is 5.21. The summed E-state index contributed by atoms with van der Waals surface area (Å²) < 4.78 is 16.9. The summed E-state index contributed by atoms with van der Waals surface area (Å²) in [5.41, 5.74) is 3.62. The van der Waals surface area contributed by atoms with Gasteiger partial charge in [0.05, 0.1) is 13.4 Å². The monoisotopic (exact) mass is 398 g/mol. The van der Waals surface area contributed by atoms with Crippen molar-refractivity contribution < 1.29 is 23.8 Å². The summed E-state index contributed by atoms with van der Waals surface area (Å²) >= 11 is 0. The molecule has 0 aliphatic carbocycles. The zero-order valence-electron chi connectivity index (χ0n) is 16.2. The van der Waals surface area contributed by atoms with Gasteiger partial charge in [-0.1, -0.05) is 12.1 Å². The van der Waals surface area contributed by atoms with Crippen molar-refractivity contribution in [3.05, 3.63) is 89.9 Å². The van der Waals surface area contributed by atoms with Crippen molar-refractivity contribution in [3.8, 4) is 28.4 Å². The second-order valence-electron chi connectivity index (χ2n) is 7.06. The number of furan rings is 1. The van der Waals surface area contributed by atoms with E-state index in [1.807, 2.05) is 42.5 Å². The molecule has 30 heavy (non-hydrogen) atoms. The minimum Gasteiger partial charge on any atom is -0.508 e. The molecular weight excluding hydrogens is 380 g/mol. The molecule has 4 aromatic rings. The molecule has 0 radical (unpaired) electrons. The first-order chi connectivity index (χ1) is 14.6. The molecule has 148 valence electrons. The first-order valence-electron chi connectivity index (χ1n) is 9.53. The average Bonchev–Trinajstić information content (AvgIpc) is 3.15. The lowest BCUT2D eigenvalue weighted by molar-refractivity contribution is 0.101. The van der Waals surface area contributed by atoms with E-state index in [4.69, 9.17) is 13.9 Å². The van der Waals surface area contributed by atoms with Crippen LogP contribution in [0.25, 0.3) is 22.1 Å². The Balaban J connectivity index is 1.73. The summed E-state index contributed by atoms with van der Waals surface area (Å²) in [4.78, 5) is 13.3. The van der Waals surface area contributed by atoms with Gasteiger partial charge in [-0.15, -0.1) is 0 Å². The number of rotatable bonds is 4. The van der Waals surface area contributed by atoms with Crippen LogP contribution in [0.4, 0.5) is 0 Å². The van der Waals surface area contributed by atoms with E-state index < -0.39 is 0 Å². The maximum Gasteiger partial charge on any atom is 0.228 e. The molecule has 5 rings (SSSR count). The lowest BCUT2D eigenvalue weighted by Crippen LogP contribution is -2.01. The van der Waals surface area contributed by atoms with E-state index in [0.717, 1.165) is 40.0 Å². The fourth-order valence-corrected chi connectivity index (χ4v) is 3.68. The number of hydrogen-bond donors (Lipinski definition) is 1. The Morgan fingerprint density at radius 2 is 1.80 bits per heavy atom. The lowest BCUT2D eigenvalue weighted by Gasteiger charge is -2.11. The second-order valence-corrected chi connectivity index (χ2v) is 7.06. The molecule has 3 aromatic carbocycles. The van der Waals surface area contributed by atoms with Crippen LogP contribution >= 0.6 is 0 Å². The Morgan fingerprint density at radius 3 is 2.53 bits per heavy atom. The van der Waals surface area contributed by atoms with Crippen molar-refractivity contribution in [2.24, 2.45) is 0 Å². The number of phenolic OH excluding ortho intramolecular Hbond substituents is 1. The maximum absolute atomic E-state index is 13.3. The van der Waals surface area contributed by atoms with Crippen LogP contribution in [-0.2, 0) is 6.42 Å². The first-order valence-corrected chi connectivity index (χ1v) is 9.53. The highest BCUT2D eigenvalue weighted by Crippen LogP contribution is 2.40. The highest BCUT2D eigenvalue weighted by Gasteiger charge is 2.25. The fourth-order valence-electron chi connectivity index (χ4n) is 3.68. The molecule has 1 N–H and O–H groups in total. The lowest BCUT2D eigenvalue weighted by atomic mass is 9.96. The number of ketones is 1. The molecule has 0 spiro atoms. The van der Waals surface area contributed by atoms with Crippen LogP contribution in [0.5, 0.6) is 17.2 Å². The Kier molecular flexibility index (Phi) is 4.29.